The van der Waals surface area contributed by atoms with Crippen LogP contribution in [0.4, 0.5) is 0 Å². The van der Waals surface area contributed by atoms with E-state index in [1.807, 2.05) is 12.1 Å². The zero-order valence-corrected chi connectivity index (χ0v) is 12.5. The molecule has 4 unspecified atom stereocenters. The van der Waals surface area contributed by atoms with Gasteiger partial charge in [-0.15, -0.1) is 0 Å². The fourth-order valence-corrected chi connectivity index (χ4v) is 5.07. The summed E-state index contributed by atoms with van der Waals surface area (Å²) in [6.07, 6.45) is 6.04. The van der Waals surface area contributed by atoms with Crippen molar-refractivity contribution in [2.24, 2.45) is 11.3 Å². The molecule has 1 saturated heterocycles. The number of carbonyl (C=O) groups is 1. The molecule has 0 spiro atoms. The number of fused-ring (bicyclic) bond motifs is 2. The highest BCUT2D eigenvalue weighted by Crippen LogP contribution is 2.58. The molecule has 112 valence electrons. The Hall–Kier alpha value is -1.51. The second kappa shape index (κ2) is 4.49. The molecule has 4 rings (SSSR count). The average Bonchev–Trinajstić information content (AvgIpc) is 2.99. The van der Waals surface area contributed by atoms with Gasteiger partial charge in [0.25, 0.3) is 0 Å². The predicted octanol–water partition coefficient (Wildman–Crippen LogP) is 3.54. The Kier molecular flexibility index (Phi) is 2.82. The maximum atomic E-state index is 11.6. The maximum Gasteiger partial charge on any atom is 0.306 e. The van der Waals surface area contributed by atoms with Gasteiger partial charge >= 0.3 is 5.97 Å². The first-order chi connectivity index (χ1) is 10.1. The van der Waals surface area contributed by atoms with E-state index in [0.29, 0.717) is 24.0 Å². The average molecular weight is 286 g/mol. The Labute approximate surface area is 125 Å². The van der Waals surface area contributed by atoms with Crippen LogP contribution in [0, 0.1) is 11.3 Å². The number of esters is 1. The number of phenolic OH excluding ortho intramolecular Hbond substituents is 1. The van der Waals surface area contributed by atoms with Crippen molar-refractivity contribution in [3.05, 3.63) is 29.3 Å². The third-order valence-electron chi connectivity index (χ3n) is 6.20. The molecule has 1 aromatic rings. The largest absolute Gasteiger partial charge is 0.508 e. The fourth-order valence-electron chi connectivity index (χ4n) is 5.07. The van der Waals surface area contributed by atoms with Crippen LogP contribution in [0.3, 0.4) is 0 Å². The summed E-state index contributed by atoms with van der Waals surface area (Å²) in [4.78, 5) is 11.6. The van der Waals surface area contributed by atoms with Crippen LogP contribution < -0.4 is 0 Å². The van der Waals surface area contributed by atoms with Crippen molar-refractivity contribution in [3.8, 4) is 5.75 Å². The van der Waals surface area contributed by atoms with E-state index in [0.717, 1.165) is 25.7 Å². The second-order valence-corrected chi connectivity index (χ2v) is 7.20. The first-order valence-electron chi connectivity index (χ1n) is 8.09. The van der Waals surface area contributed by atoms with Gasteiger partial charge in [-0.3, -0.25) is 4.79 Å². The van der Waals surface area contributed by atoms with E-state index in [9.17, 15) is 9.90 Å². The summed E-state index contributed by atoms with van der Waals surface area (Å²) in [7, 11) is 0. The molecule has 2 aliphatic carbocycles. The number of aryl methyl sites for hydroxylation is 1. The Morgan fingerprint density at radius 1 is 1.24 bits per heavy atom. The van der Waals surface area contributed by atoms with Crippen LogP contribution >= 0.6 is 0 Å². The molecule has 0 amide bonds. The molecular weight excluding hydrogens is 264 g/mol. The third-order valence-corrected chi connectivity index (χ3v) is 6.20. The van der Waals surface area contributed by atoms with Crippen LogP contribution in [0.25, 0.3) is 0 Å². The SMILES string of the molecule is CC12CCC(=O)OC1CCC2C1CCc2cc(O)ccc21. The molecule has 4 atom stereocenters. The van der Waals surface area contributed by atoms with Crippen molar-refractivity contribution >= 4 is 5.97 Å². The van der Waals surface area contributed by atoms with E-state index in [4.69, 9.17) is 4.74 Å². The Morgan fingerprint density at radius 3 is 2.95 bits per heavy atom. The highest BCUT2D eigenvalue weighted by atomic mass is 16.5. The lowest BCUT2D eigenvalue weighted by atomic mass is 9.67. The minimum absolute atomic E-state index is 0.0186. The second-order valence-electron chi connectivity index (χ2n) is 7.20. The van der Waals surface area contributed by atoms with Gasteiger partial charge < -0.3 is 9.84 Å². The summed E-state index contributed by atoms with van der Waals surface area (Å²) in [5.41, 5.74) is 2.86. The van der Waals surface area contributed by atoms with Gasteiger partial charge in [-0.2, -0.15) is 0 Å². The summed E-state index contributed by atoms with van der Waals surface area (Å²) in [5.74, 6) is 1.51. The molecule has 0 aromatic heterocycles. The van der Waals surface area contributed by atoms with E-state index in [1.165, 1.54) is 17.5 Å². The molecule has 1 saturated carbocycles. The summed E-state index contributed by atoms with van der Waals surface area (Å²) in [5, 5.41) is 9.66. The number of aromatic hydroxyl groups is 1. The molecule has 2 fully saturated rings. The van der Waals surface area contributed by atoms with E-state index in [1.54, 1.807) is 0 Å². The molecule has 1 aromatic carbocycles. The summed E-state index contributed by atoms with van der Waals surface area (Å²) < 4.78 is 5.63. The molecule has 3 aliphatic rings. The highest BCUT2D eigenvalue weighted by Gasteiger charge is 2.54. The van der Waals surface area contributed by atoms with Crippen LogP contribution in [0.15, 0.2) is 18.2 Å². The summed E-state index contributed by atoms with van der Waals surface area (Å²) in [6, 6.07) is 5.84. The van der Waals surface area contributed by atoms with E-state index in [-0.39, 0.29) is 17.5 Å². The first kappa shape index (κ1) is 13.2. The van der Waals surface area contributed by atoms with Crippen molar-refractivity contribution in [2.75, 3.05) is 0 Å². The lowest BCUT2D eigenvalue weighted by Gasteiger charge is -2.42. The molecule has 21 heavy (non-hydrogen) atoms. The number of ether oxygens (including phenoxy) is 1. The number of carbonyl (C=O) groups excluding carboxylic acids is 1. The van der Waals surface area contributed by atoms with Crippen molar-refractivity contribution < 1.29 is 14.6 Å². The van der Waals surface area contributed by atoms with Gasteiger partial charge in [0, 0.05) is 11.8 Å². The van der Waals surface area contributed by atoms with E-state index >= 15 is 0 Å². The normalized spacial score (nSPS) is 38.0. The van der Waals surface area contributed by atoms with Gasteiger partial charge in [-0.25, -0.2) is 0 Å². The minimum Gasteiger partial charge on any atom is -0.508 e. The van der Waals surface area contributed by atoms with Gasteiger partial charge in [-0.1, -0.05) is 13.0 Å². The maximum absolute atomic E-state index is 11.6. The van der Waals surface area contributed by atoms with Crippen LogP contribution in [-0.4, -0.2) is 17.2 Å². The fraction of sp³-hybridized carbons (Fsp3) is 0.611. The number of phenols is 1. The van der Waals surface area contributed by atoms with Gasteiger partial charge in [0.15, 0.2) is 0 Å². The molecule has 1 aliphatic heterocycles. The third kappa shape index (κ3) is 1.90. The van der Waals surface area contributed by atoms with Gasteiger partial charge in [0.1, 0.15) is 11.9 Å². The van der Waals surface area contributed by atoms with Gasteiger partial charge in [0.05, 0.1) is 0 Å². The Morgan fingerprint density at radius 2 is 2.10 bits per heavy atom. The molecule has 1 heterocycles. The smallest absolute Gasteiger partial charge is 0.306 e. The molecular formula is C18H22O3. The van der Waals surface area contributed by atoms with Gasteiger partial charge in [0.2, 0.25) is 0 Å². The van der Waals surface area contributed by atoms with Crippen molar-refractivity contribution in [2.45, 2.75) is 57.5 Å². The number of benzene rings is 1. The Bertz CT molecular complexity index is 594. The van der Waals surface area contributed by atoms with E-state index in [2.05, 4.69) is 13.0 Å². The minimum atomic E-state index is -0.0186. The molecule has 0 bridgehead atoms. The topological polar surface area (TPSA) is 46.5 Å². The van der Waals surface area contributed by atoms with Crippen molar-refractivity contribution in [1.82, 2.24) is 0 Å². The van der Waals surface area contributed by atoms with Crippen LogP contribution in [-0.2, 0) is 16.0 Å². The predicted molar refractivity (Wildman–Crippen MR) is 79.1 cm³/mol. The van der Waals surface area contributed by atoms with Gasteiger partial charge in [-0.05, 0) is 67.2 Å². The lowest BCUT2D eigenvalue weighted by Crippen LogP contribution is -2.42. The number of hydrogen-bond donors (Lipinski definition) is 1. The molecule has 3 nitrogen and oxygen atoms in total. The van der Waals surface area contributed by atoms with Crippen molar-refractivity contribution in [3.63, 3.8) is 0 Å². The van der Waals surface area contributed by atoms with Crippen LogP contribution in [0.5, 0.6) is 5.75 Å². The molecule has 3 heteroatoms. The Balaban J connectivity index is 1.65. The first-order valence-corrected chi connectivity index (χ1v) is 8.09. The highest BCUT2D eigenvalue weighted by molar-refractivity contribution is 5.70. The summed E-state index contributed by atoms with van der Waals surface area (Å²) >= 11 is 0. The quantitative estimate of drug-likeness (QED) is 0.803. The van der Waals surface area contributed by atoms with E-state index < -0.39 is 0 Å². The van der Waals surface area contributed by atoms with Crippen molar-refractivity contribution in [1.29, 1.82) is 0 Å². The summed E-state index contributed by atoms with van der Waals surface area (Å²) in [6.45, 7) is 2.32. The lowest BCUT2D eigenvalue weighted by molar-refractivity contribution is -0.165. The zero-order valence-electron chi connectivity index (χ0n) is 12.5. The number of hydrogen-bond acceptors (Lipinski definition) is 3. The van der Waals surface area contributed by atoms with Crippen LogP contribution in [0.1, 0.15) is 56.1 Å². The standard InChI is InChI=1S/C18H22O3/c1-18-9-8-17(20)21-16(18)7-6-15(18)14-4-2-11-10-12(19)3-5-13(11)14/h3,5,10,14-16,19H,2,4,6-9H2,1H3. The molecule has 0 radical (unpaired) electrons. The zero-order chi connectivity index (χ0) is 14.6. The molecule has 1 N–H and O–H groups in total. The van der Waals surface area contributed by atoms with Crippen LogP contribution in [0.2, 0.25) is 0 Å². The monoisotopic (exact) mass is 286 g/mol. The number of rotatable bonds is 1.